The largest absolute Gasteiger partial charge is 0.497 e. The van der Waals surface area contributed by atoms with Crippen molar-refractivity contribution in [1.82, 2.24) is 9.78 Å². The Morgan fingerprint density at radius 2 is 1.90 bits per heavy atom. The molecular weight excluding hydrogens is 370 g/mol. The molecule has 1 aromatic heterocycles. The van der Waals surface area contributed by atoms with Crippen LogP contribution in [0.5, 0.6) is 11.5 Å². The number of nitrogens with zero attached hydrogens (tertiary/aromatic N) is 3. The molecule has 2 heterocycles. The van der Waals surface area contributed by atoms with E-state index in [4.69, 9.17) is 9.47 Å². The van der Waals surface area contributed by atoms with E-state index < -0.39 is 0 Å². The fraction of sp³-hybridized carbons (Fsp3) is 0.227. The zero-order chi connectivity index (χ0) is 20.4. The number of hydrogen-bond acceptors (Lipinski definition) is 5. The van der Waals surface area contributed by atoms with Crippen molar-refractivity contribution in [2.45, 2.75) is 13.0 Å². The lowest BCUT2D eigenvalue weighted by molar-refractivity contribution is -0.119. The number of hydrogen-bond donors (Lipinski definition) is 0. The lowest BCUT2D eigenvalue weighted by atomic mass is 10.1. The normalized spacial score (nSPS) is 12.6. The van der Waals surface area contributed by atoms with E-state index >= 15 is 0 Å². The summed E-state index contributed by atoms with van der Waals surface area (Å²) >= 11 is 0. The van der Waals surface area contributed by atoms with Crippen LogP contribution in [-0.4, -0.2) is 36.5 Å². The highest BCUT2D eigenvalue weighted by Gasteiger charge is 2.24. The lowest BCUT2D eigenvalue weighted by Crippen LogP contribution is -2.36. The first-order chi connectivity index (χ1) is 14.1. The van der Waals surface area contributed by atoms with Crippen LogP contribution in [0.2, 0.25) is 0 Å². The number of methoxy groups -OCH3 is 2. The molecule has 1 aliphatic rings. The average molecular weight is 391 g/mol. The maximum Gasteiger partial charge on any atom is 0.267 e. The summed E-state index contributed by atoms with van der Waals surface area (Å²) in [5, 5.41) is 4.41. The second kappa shape index (κ2) is 7.79. The Kier molecular flexibility index (Phi) is 5.03. The molecule has 0 saturated heterocycles. The predicted molar refractivity (Wildman–Crippen MR) is 110 cm³/mol. The van der Waals surface area contributed by atoms with Crippen LogP contribution in [0.1, 0.15) is 5.56 Å². The summed E-state index contributed by atoms with van der Waals surface area (Å²) < 4.78 is 11.9. The van der Waals surface area contributed by atoms with Crippen LogP contribution in [0.3, 0.4) is 0 Å². The molecule has 29 heavy (non-hydrogen) atoms. The lowest BCUT2D eigenvalue weighted by Gasteiger charge is -2.18. The van der Waals surface area contributed by atoms with Crippen LogP contribution >= 0.6 is 0 Å². The van der Waals surface area contributed by atoms with Crippen LogP contribution in [-0.2, 0) is 17.8 Å². The number of anilines is 1. The van der Waals surface area contributed by atoms with Crippen molar-refractivity contribution in [2.24, 2.45) is 0 Å². The van der Waals surface area contributed by atoms with Crippen LogP contribution in [0.15, 0.2) is 59.4 Å². The minimum absolute atomic E-state index is 0.126. The Morgan fingerprint density at radius 1 is 1.07 bits per heavy atom. The third-order valence-corrected chi connectivity index (χ3v) is 5.02. The first-order valence-electron chi connectivity index (χ1n) is 9.29. The van der Waals surface area contributed by atoms with Crippen molar-refractivity contribution >= 4 is 11.6 Å². The van der Waals surface area contributed by atoms with Gasteiger partial charge in [0.25, 0.3) is 5.56 Å². The molecule has 0 aliphatic carbocycles. The van der Waals surface area contributed by atoms with Gasteiger partial charge in [-0.3, -0.25) is 9.59 Å². The van der Waals surface area contributed by atoms with E-state index in [1.54, 1.807) is 37.3 Å². The summed E-state index contributed by atoms with van der Waals surface area (Å²) in [4.78, 5) is 26.9. The summed E-state index contributed by atoms with van der Waals surface area (Å²) in [6, 6.07) is 16.2. The number of benzene rings is 2. The third kappa shape index (κ3) is 3.59. The van der Waals surface area contributed by atoms with Gasteiger partial charge in [0.1, 0.15) is 18.0 Å². The number of amides is 1. The molecule has 0 bridgehead atoms. The number of carbonyl (C=O) groups excluding carboxylic acids is 1. The average Bonchev–Trinajstić information content (AvgIpc) is 3.19. The molecular formula is C22H21N3O4. The summed E-state index contributed by atoms with van der Waals surface area (Å²) in [5.74, 6) is 1.06. The van der Waals surface area contributed by atoms with Crippen LogP contribution in [0.25, 0.3) is 11.3 Å². The van der Waals surface area contributed by atoms with Gasteiger partial charge in [-0.05, 0) is 36.2 Å². The molecule has 1 amide bonds. The summed E-state index contributed by atoms with van der Waals surface area (Å²) in [7, 11) is 3.14. The molecule has 0 fully saturated rings. The van der Waals surface area contributed by atoms with E-state index in [0.717, 1.165) is 17.7 Å². The quantitative estimate of drug-likeness (QED) is 0.668. The Bertz CT molecular complexity index is 1120. The molecule has 3 aromatic rings. The van der Waals surface area contributed by atoms with Gasteiger partial charge in [0, 0.05) is 29.9 Å². The van der Waals surface area contributed by atoms with Gasteiger partial charge in [0.05, 0.1) is 19.9 Å². The maximum atomic E-state index is 12.9. The molecule has 148 valence electrons. The Hall–Kier alpha value is -3.61. The van der Waals surface area contributed by atoms with Gasteiger partial charge in [-0.1, -0.05) is 18.2 Å². The molecule has 2 aromatic carbocycles. The number of ether oxygens (including phenoxy) is 2. The highest BCUT2D eigenvalue weighted by molar-refractivity contribution is 5.95. The zero-order valence-corrected chi connectivity index (χ0v) is 16.3. The van der Waals surface area contributed by atoms with E-state index in [2.05, 4.69) is 5.10 Å². The number of carbonyl (C=O) groups is 1. The predicted octanol–water partition coefficient (Wildman–Crippen LogP) is 2.52. The van der Waals surface area contributed by atoms with Crippen molar-refractivity contribution in [3.8, 4) is 22.8 Å². The number of fused-ring (bicyclic) bond motifs is 1. The van der Waals surface area contributed by atoms with E-state index in [-0.39, 0.29) is 18.0 Å². The molecule has 0 unspecified atom stereocenters. The van der Waals surface area contributed by atoms with Gasteiger partial charge in [-0.15, -0.1) is 0 Å². The van der Waals surface area contributed by atoms with Crippen LogP contribution < -0.4 is 19.9 Å². The molecule has 0 saturated carbocycles. The fourth-order valence-electron chi connectivity index (χ4n) is 3.53. The molecule has 0 radical (unpaired) electrons. The molecule has 7 heteroatoms. The van der Waals surface area contributed by atoms with E-state index in [9.17, 15) is 9.59 Å². The SMILES string of the molecule is COc1ccc(-c2ccc(=O)n(CC(=O)N3CCc4ccccc43)n2)c(OC)c1. The van der Waals surface area contributed by atoms with E-state index in [1.165, 1.54) is 10.7 Å². The molecule has 4 rings (SSSR count). The van der Waals surface area contributed by atoms with Gasteiger partial charge in [0.2, 0.25) is 5.91 Å². The Labute approximate surface area is 168 Å². The zero-order valence-electron chi connectivity index (χ0n) is 16.3. The maximum absolute atomic E-state index is 12.9. The van der Waals surface area contributed by atoms with Gasteiger partial charge in [-0.25, -0.2) is 4.68 Å². The standard InChI is InChI=1S/C22H21N3O4/c1-28-16-7-8-17(20(13-16)29-2)18-9-10-21(26)25(23-18)14-22(27)24-12-11-15-5-3-4-6-19(15)24/h3-10,13H,11-12,14H2,1-2H3. The second-order valence-corrected chi connectivity index (χ2v) is 6.70. The van der Waals surface area contributed by atoms with Gasteiger partial charge >= 0.3 is 0 Å². The smallest absolute Gasteiger partial charge is 0.267 e. The van der Waals surface area contributed by atoms with E-state index in [0.29, 0.717) is 29.3 Å². The van der Waals surface area contributed by atoms with Crippen molar-refractivity contribution in [3.63, 3.8) is 0 Å². The Morgan fingerprint density at radius 3 is 2.69 bits per heavy atom. The number of rotatable bonds is 5. The molecule has 0 spiro atoms. The molecule has 0 atom stereocenters. The molecule has 7 nitrogen and oxygen atoms in total. The van der Waals surface area contributed by atoms with Crippen molar-refractivity contribution < 1.29 is 14.3 Å². The van der Waals surface area contributed by atoms with E-state index in [1.807, 2.05) is 30.3 Å². The van der Waals surface area contributed by atoms with Crippen LogP contribution in [0, 0.1) is 0 Å². The van der Waals surface area contributed by atoms with Gasteiger partial charge in [-0.2, -0.15) is 5.10 Å². The number of aromatic nitrogens is 2. The summed E-state index contributed by atoms with van der Waals surface area (Å²) in [6.07, 6.45) is 0.813. The molecule has 1 aliphatic heterocycles. The topological polar surface area (TPSA) is 73.7 Å². The minimum Gasteiger partial charge on any atom is -0.497 e. The third-order valence-electron chi connectivity index (χ3n) is 5.02. The van der Waals surface area contributed by atoms with Crippen molar-refractivity contribution in [3.05, 3.63) is 70.5 Å². The van der Waals surface area contributed by atoms with Crippen molar-refractivity contribution in [1.29, 1.82) is 0 Å². The Balaban J connectivity index is 1.63. The van der Waals surface area contributed by atoms with Crippen molar-refractivity contribution in [2.75, 3.05) is 25.7 Å². The van der Waals surface area contributed by atoms with Crippen LogP contribution in [0.4, 0.5) is 5.69 Å². The fourth-order valence-corrected chi connectivity index (χ4v) is 3.53. The first kappa shape index (κ1) is 18.7. The summed E-state index contributed by atoms with van der Waals surface area (Å²) in [5.41, 5.74) is 2.96. The van der Waals surface area contributed by atoms with Gasteiger partial charge < -0.3 is 14.4 Å². The monoisotopic (exact) mass is 391 g/mol. The second-order valence-electron chi connectivity index (χ2n) is 6.70. The van der Waals surface area contributed by atoms with Gasteiger partial charge in [0.15, 0.2) is 0 Å². The first-order valence-corrected chi connectivity index (χ1v) is 9.29. The molecule has 0 N–H and O–H groups in total. The minimum atomic E-state index is -0.331. The highest BCUT2D eigenvalue weighted by atomic mass is 16.5. The number of para-hydroxylation sites is 1. The highest BCUT2D eigenvalue weighted by Crippen LogP contribution is 2.32. The summed E-state index contributed by atoms with van der Waals surface area (Å²) in [6.45, 7) is 0.485.